The topological polar surface area (TPSA) is 121 Å². The molecule has 7 nitrogen and oxygen atoms in total. The van der Waals surface area contributed by atoms with E-state index in [-0.39, 0.29) is 47.3 Å². The van der Waals surface area contributed by atoms with Gasteiger partial charge in [0, 0.05) is 11.3 Å². The summed E-state index contributed by atoms with van der Waals surface area (Å²) in [7, 11) is -3.92. The van der Waals surface area contributed by atoms with E-state index >= 15 is 0 Å². The maximum absolute atomic E-state index is 11.4. The number of carbonyl (C=O) groups excluding carboxylic acids is 1. The van der Waals surface area contributed by atoms with Crippen molar-refractivity contribution in [2.75, 3.05) is 12.4 Å². The van der Waals surface area contributed by atoms with Gasteiger partial charge in [-0.25, -0.2) is 13.2 Å². The molecule has 0 spiro atoms. The van der Waals surface area contributed by atoms with Crippen LogP contribution in [0.3, 0.4) is 0 Å². The molecular formula is C20H37NaO7S. The van der Waals surface area contributed by atoms with E-state index in [4.69, 9.17) is 9.84 Å². The van der Waals surface area contributed by atoms with E-state index in [2.05, 4.69) is 13.5 Å². The van der Waals surface area contributed by atoms with E-state index in [1.54, 1.807) is 6.92 Å². The third kappa shape index (κ3) is 29.9. The molecule has 0 saturated heterocycles. The molecule has 0 saturated carbocycles. The number of hydrogen-bond acceptors (Lipinski definition) is 6. The Hall–Kier alpha value is -0.410. The molecule has 0 aliphatic heterocycles. The number of unbranched alkanes of at least 4 members (excludes halogenated alkanes) is 9. The molecule has 9 heteroatoms. The second-order valence-electron chi connectivity index (χ2n) is 6.75. The van der Waals surface area contributed by atoms with Gasteiger partial charge in [-0.15, -0.1) is 0 Å². The van der Waals surface area contributed by atoms with Crippen LogP contribution in [-0.4, -0.2) is 42.4 Å². The van der Waals surface area contributed by atoms with Crippen molar-refractivity contribution in [3.63, 3.8) is 0 Å². The Labute approximate surface area is 198 Å². The predicted molar refractivity (Wildman–Crippen MR) is 109 cm³/mol. The third-order valence-corrected chi connectivity index (χ3v) is 4.75. The molecule has 0 atom stereocenters. The van der Waals surface area contributed by atoms with Gasteiger partial charge in [-0.3, -0.25) is 4.79 Å². The molecule has 1 N–H and O–H groups in total. The van der Waals surface area contributed by atoms with Crippen molar-refractivity contribution < 1.29 is 62.0 Å². The first-order valence-electron chi connectivity index (χ1n) is 10.1. The normalized spacial score (nSPS) is 10.3. The summed E-state index contributed by atoms with van der Waals surface area (Å²) in [4.78, 5) is 21.8. The van der Waals surface area contributed by atoms with Crippen LogP contribution in [0.2, 0.25) is 0 Å². The predicted octanol–water partition coefficient (Wildman–Crippen LogP) is 1.43. The van der Waals surface area contributed by atoms with Crippen molar-refractivity contribution in [1.82, 2.24) is 0 Å². The number of ether oxygens (including phenoxy) is 1. The number of carboxylic acids is 1. The Morgan fingerprint density at radius 2 is 1.34 bits per heavy atom. The molecule has 29 heavy (non-hydrogen) atoms. The fourth-order valence-electron chi connectivity index (χ4n) is 2.36. The van der Waals surface area contributed by atoms with Gasteiger partial charge < -0.3 is 14.4 Å². The number of carboxylic acid groups (broad SMARTS) is 1. The molecule has 0 aromatic rings. The van der Waals surface area contributed by atoms with Gasteiger partial charge in [-0.05, 0) is 12.8 Å². The summed E-state index contributed by atoms with van der Waals surface area (Å²) in [6, 6.07) is 0. The number of rotatable bonds is 16. The van der Waals surface area contributed by atoms with Crippen LogP contribution in [-0.2, 0) is 24.4 Å². The quantitative estimate of drug-likeness (QED) is 0.126. The van der Waals surface area contributed by atoms with Crippen LogP contribution in [0.1, 0.15) is 90.9 Å². The molecule has 166 valence electrons. The van der Waals surface area contributed by atoms with Crippen LogP contribution in [0, 0.1) is 0 Å². The molecule has 0 aliphatic carbocycles. The molecule has 0 heterocycles. The summed E-state index contributed by atoms with van der Waals surface area (Å²) < 4.78 is 34.0. The Morgan fingerprint density at radius 1 is 0.897 bits per heavy atom. The average molecular weight is 445 g/mol. The van der Waals surface area contributed by atoms with Crippen molar-refractivity contribution >= 4 is 22.1 Å². The van der Waals surface area contributed by atoms with Gasteiger partial charge >= 0.3 is 41.5 Å². The first-order chi connectivity index (χ1) is 13.1. The van der Waals surface area contributed by atoms with Crippen molar-refractivity contribution in [1.29, 1.82) is 0 Å². The standard InChI is InChI=1S/C17H30O4.C3H8O3S.Na/c1-3-4-5-6-7-8-9-10-11-12-13-21-17(20)15(2)14-16(18)19;1-2-3-7(4,5)6;/h2-14H2,1H3,(H,18,19);2-3H2,1H3,(H,4,5,6);/q;;+1/p-1. The van der Waals surface area contributed by atoms with Crippen molar-refractivity contribution in [2.45, 2.75) is 90.9 Å². The van der Waals surface area contributed by atoms with E-state index in [0.29, 0.717) is 13.0 Å². The smallest absolute Gasteiger partial charge is 0.748 e. The Kier molecular flexibility index (Phi) is 25.5. The van der Waals surface area contributed by atoms with Gasteiger partial charge in [0.1, 0.15) is 0 Å². The Morgan fingerprint density at radius 3 is 1.69 bits per heavy atom. The molecule has 0 radical (unpaired) electrons. The first kappa shape index (κ1) is 33.2. The van der Waals surface area contributed by atoms with Gasteiger partial charge in [0.2, 0.25) is 0 Å². The number of carbonyl (C=O) groups is 2. The molecule has 0 rings (SSSR count). The largest absolute Gasteiger partial charge is 1.00 e. The Bertz CT molecular complexity index is 533. The van der Waals surface area contributed by atoms with E-state index in [1.807, 2.05) is 0 Å². The summed E-state index contributed by atoms with van der Waals surface area (Å²) in [6.07, 6.45) is 12.3. The molecule has 0 aromatic carbocycles. The zero-order chi connectivity index (χ0) is 21.8. The van der Waals surface area contributed by atoms with Crippen LogP contribution >= 0.6 is 0 Å². The number of esters is 1. The minimum absolute atomic E-state index is 0. The molecule has 0 amide bonds. The summed E-state index contributed by atoms with van der Waals surface area (Å²) >= 11 is 0. The van der Waals surface area contributed by atoms with Crippen LogP contribution < -0.4 is 29.6 Å². The minimum atomic E-state index is -3.92. The van der Waals surface area contributed by atoms with Crippen molar-refractivity contribution in [3.8, 4) is 0 Å². The van der Waals surface area contributed by atoms with Gasteiger partial charge in [0.25, 0.3) is 0 Å². The van der Waals surface area contributed by atoms with Gasteiger partial charge in [0.15, 0.2) is 0 Å². The van der Waals surface area contributed by atoms with E-state index in [9.17, 15) is 22.6 Å². The second kappa shape index (κ2) is 22.3. The number of aliphatic carboxylic acids is 1. The zero-order valence-corrected chi connectivity index (χ0v) is 21.2. The molecule has 0 fully saturated rings. The van der Waals surface area contributed by atoms with Crippen LogP contribution in [0.15, 0.2) is 12.2 Å². The molecule has 0 bridgehead atoms. The first-order valence-corrected chi connectivity index (χ1v) is 11.7. The fourth-order valence-corrected chi connectivity index (χ4v) is 2.86. The van der Waals surface area contributed by atoms with Crippen molar-refractivity contribution in [3.05, 3.63) is 12.2 Å². The van der Waals surface area contributed by atoms with E-state index < -0.39 is 22.1 Å². The summed E-state index contributed by atoms with van der Waals surface area (Å²) in [6.45, 7) is 7.64. The molecule has 0 unspecified atom stereocenters. The molecular weight excluding hydrogens is 407 g/mol. The second-order valence-corrected chi connectivity index (χ2v) is 8.28. The molecule has 0 aromatic heterocycles. The number of hydrogen-bond donors (Lipinski definition) is 1. The maximum Gasteiger partial charge on any atom is 1.00 e. The van der Waals surface area contributed by atoms with Gasteiger partial charge in [0.05, 0.1) is 23.1 Å². The average Bonchev–Trinajstić information content (AvgIpc) is 2.58. The van der Waals surface area contributed by atoms with Crippen LogP contribution in [0.5, 0.6) is 0 Å². The monoisotopic (exact) mass is 444 g/mol. The third-order valence-electron chi connectivity index (χ3n) is 3.84. The maximum atomic E-state index is 11.4. The van der Waals surface area contributed by atoms with Crippen molar-refractivity contribution in [2.24, 2.45) is 0 Å². The summed E-state index contributed by atoms with van der Waals surface area (Å²) in [5, 5.41) is 8.52. The Balaban J connectivity index is -0.000000721. The van der Waals surface area contributed by atoms with Gasteiger partial charge in [-0.1, -0.05) is 78.2 Å². The van der Waals surface area contributed by atoms with Crippen LogP contribution in [0.4, 0.5) is 0 Å². The summed E-state index contributed by atoms with van der Waals surface area (Å²) in [5.41, 5.74) is 0.00887. The molecule has 0 aliphatic rings. The van der Waals surface area contributed by atoms with E-state index in [1.165, 1.54) is 51.4 Å². The van der Waals surface area contributed by atoms with Crippen LogP contribution in [0.25, 0.3) is 0 Å². The minimum Gasteiger partial charge on any atom is -0.748 e. The fraction of sp³-hybridized carbons (Fsp3) is 0.800. The van der Waals surface area contributed by atoms with E-state index in [0.717, 1.165) is 12.8 Å². The zero-order valence-electron chi connectivity index (χ0n) is 18.4. The SMILES string of the molecule is C=C(CC(=O)O)C(=O)OCCCCCCCCCCCC.CCCS(=O)(=O)[O-].[Na+]. The van der Waals surface area contributed by atoms with Gasteiger partial charge in [-0.2, -0.15) is 0 Å². The summed E-state index contributed by atoms with van der Waals surface area (Å²) in [5.74, 6) is -1.89.